The van der Waals surface area contributed by atoms with E-state index in [-0.39, 0.29) is 5.56 Å². The first-order valence-corrected chi connectivity index (χ1v) is 8.33. The fraction of sp³-hybridized carbons (Fsp3) is 0.571. The Kier molecular flexibility index (Phi) is 4.10. The molecular weight excluding hydrogens is 302 g/mol. The average molecular weight is 321 g/mol. The molecule has 1 fully saturated rings. The average Bonchev–Trinajstić information content (AvgIpc) is 2.93. The molecule has 1 amide bonds. The maximum absolute atomic E-state index is 12.4. The summed E-state index contributed by atoms with van der Waals surface area (Å²) in [5.41, 5.74) is -0.383. The topological polar surface area (TPSA) is 79.6 Å². The lowest BCUT2D eigenvalue weighted by Gasteiger charge is -2.30. The van der Waals surface area contributed by atoms with Gasteiger partial charge in [-0.2, -0.15) is 4.52 Å². The minimum absolute atomic E-state index is 0.0308. The fourth-order valence-corrected chi connectivity index (χ4v) is 3.57. The van der Waals surface area contributed by atoms with Gasteiger partial charge in [0.15, 0.2) is 0 Å². The molecule has 8 heteroatoms. The molecule has 118 valence electrons. The third kappa shape index (κ3) is 2.70. The van der Waals surface area contributed by atoms with Crippen molar-refractivity contribution in [3.8, 4) is 0 Å². The minimum Gasteiger partial charge on any atom is -0.352 e. The van der Waals surface area contributed by atoms with Gasteiger partial charge in [-0.1, -0.05) is 18.3 Å². The van der Waals surface area contributed by atoms with E-state index in [2.05, 4.69) is 27.2 Å². The van der Waals surface area contributed by atoms with Crippen LogP contribution in [0, 0.1) is 5.92 Å². The highest BCUT2D eigenvalue weighted by atomic mass is 32.1. The molecule has 1 saturated heterocycles. The van der Waals surface area contributed by atoms with Crippen molar-refractivity contribution in [3.05, 3.63) is 22.1 Å². The first-order chi connectivity index (χ1) is 10.6. The van der Waals surface area contributed by atoms with E-state index in [0.29, 0.717) is 17.4 Å². The van der Waals surface area contributed by atoms with Crippen LogP contribution >= 0.6 is 11.3 Å². The van der Waals surface area contributed by atoms with Gasteiger partial charge < -0.3 is 10.2 Å². The smallest absolute Gasteiger partial charge is 0.288 e. The Bertz CT molecular complexity index is 753. The fourth-order valence-electron chi connectivity index (χ4n) is 2.68. The molecule has 22 heavy (non-hydrogen) atoms. The zero-order valence-corrected chi connectivity index (χ0v) is 13.5. The van der Waals surface area contributed by atoms with Crippen LogP contribution in [0.25, 0.3) is 4.96 Å². The van der Waals surface area contributed by atoms with Gasteiger partial charge in [0, 0.05) is 25.8 Å². The van der Waals surface area contributed by atoms with Crippen LogP contribution in [-0.2, 0) is 0 Å². The van der Waals surface area contributed by atoms with Crippen LogP contribution in [0.2, 0.25) is 0 Å². The first-order valence-electron chi connectivity index (χ1n) is 7.52. The van der Waals surface area contributed by atoms with Gasteiger partial charge in [-0.05, 0) is 25.7 Å². The lowest BCUT2D eigenvalue weighted by Crippen LogP contribution is -2.34. The number of carbonyl (C=O) groups excluding carboxylic acids is 1. The summed E-state index contributed by atoms with van der Waals surface area (Å²) in [4.78, 5) is 31.2. The van der Waals surface area contributed by atoms with Crippen LogP contribution in [0.15, 0.2) is 11.0 Å². The predicted molar refractivity (Wildman–Crippen MR) is 85.8 cm³/mol. The Morgan fingerprint density at radius 2 is 2.36 bits per heavy atom. The Morgan fingerprint density at radius 3 is 3.09 bits per heavy atom. The summed E-state index contributed by atoms with van der Waals surface area (Å²) in [6.45, 7) is 6.38. The van der Waals surface area contributed by atoms with Gasteiger partial charge in [-0.15, -0.1) is 5.10 Å². The standard InChI is InChI=1S/C14H19N5O2S/c1-3-15-11(20)10-7-16-13-19(12(10)21)17-14(22-13)18-6-4-5-9(2)8-18/h7,9H,3-6,8H2,1-2H3,(H,15,20)/t9-/m1/s1. The van der Waals surface area contributed by atoms with Gasteiger partial charge in [-0.25, -0.2) is 4.98 Å². The molecule has 0 saturated carbocycles. The Labute approximate surface area is 132 Å². The number of amides is 1. The van der Waals surface area contributed by atoms with Gasteiger partial charge in [0.05, 0.1) is 0 Å². The summed E-state index contributed by atoms with van der Waals surface area (Å²) in [7, 11) is 0. The quantitative estimate of drug-likeness (QED) is 0.917. The molecule has 0 bridgehead atoms. The summed E-state index contributed by atoms with van der Waals surface area (Å²) >= 11 is 1.39. The largest absolute Gasteiger partial charge is 0.352 e. The van der Waals surface area contributed by atoms with Crippen molar-refractivity contribution in [2.24, 2.45) is 5.92 Å². The van der Waals surface area contributed by atoms with Crippen LogP contribution in [0.1, 0.15) is 37.0 Å². The number of rotatable bonds is 3. The summed E-state index contributed by atoms with van der Waals surface area (Å²) in [5, 5.41) is 7.79. The van der Waals surface area contributed by atoms with Crippen LogP contribution in [-0.4, -0.2) is 40.1 Å². The van der Waals surface area contributed by atoms with Gasteiger partial charge in [0.1, 0.15) is 5.56 Å². The number of piperidine rings is 1. The number of anilines is 1. The lowest BCUT2D eigenvalue weighted by molar-refractivity contribution is 0.0953. The second-order valence-electron chi connectivity index (χ2n) is 5.61. The predicted octanol–water partition coefficient (Wildman–Crippen LogP) is 1.14. The maximum atomic E-state index is 12.4. The first kappa shape index (κ1) is 15.0. The normalized spacial score (nSPS) is 18.6. The Morgan fingerprint density at radius 1 is 1.55 bits per heavy atom. The van der Waals surface area contributed by atoms with E-state index >= 15 is 0 Å². The Hall–Kier alpha value is -1.96. The number of aromatic nitrogens is 3. The summed E-state index contributed by atoms with van der Waals surface area (Å²) in [6, 6.07) is 0. The monoisotopic (exact) mass is 321 g/mol. The number of nitrogens with zero attached hydrogens (tertiary/aromatic N) is 4. The van der Waals surface area contributed by atoms with E-state index < -0.39 is 11.5 Å². The van der Waals surface area contributed by atoms with Crippen molar-refractivity contribution in [2.45, 2.75) is 26.7 Å². The van der Waals surface area contributed by atoms with Crippen molar-refractivity contribution in [3.63, 3.8) is 0 Å². The maximum Gasteiger partial charge on any atom is 0.288 e. The molecule has 2 aromatic rings. The molecule has 0 spiro atoms. The number of carbonyl (C=O) groups is 1. The number of nitrogens with one attached hydrogen (secondary N) is 1. The molecule has 1 aliphatic heterocycles. The molecule has 3 heterocycles. The van der Waals surface area contributed by atoms with Crippen molar-refractivity contribution in [2.75, 3.05) is 24.5 Å². The molecule has 1 aliphatic rings. The number of hydrogen-bond acceptors (Lipinski definition) is 6. The Balaban J connectivity index is 1.98. The molecule has 0 aliphatic carbocycles. The summed E-state index contributed by atoms with van der Waals surface area (Å²) in [6.07, 6.45) is 3.69. The van der Waals surface area contributed by atoms with Crippen LogP contribution in [0.4, 0.5) is 5.13 Å². The molecule has 0 radical (unpaired) electrons. The van der Waals surface area contributed by atoms with E-state index in [1.807, 2.05) is 0 Å². The minimum atomic E-state index is -0.413. The number of fused-ring (bicyclic) bond motifs is 1. The van der Waals surface area contributed by atoms with Crippen molar-refractivity contribution in [1.82, 2.24) is 19.9 Å². The molecule has 1 N–H and O–H groups in total. The van der Waals surface area contributed by atoms with Crippen molar-refractivity contribution >= 4 is 27.3 Å². The highest BCUT2D eigenvalue weighted by Gasteiger charge is 2.21. The van der Waals surface area contributed by atoms with E-state index in [1.165, 1.54) is 28.5 Å². The molecule has 1 atom stereocenters. The SMILES string of the molecule is CCNC(=O)c1cnc2sc(N3CCC[C@@H](C)C3)nn2c1=O. The zero-order chi connectivity index (χ0) is 15.7. The van der Waals surface area contributed by atoms with Crippen molar-refractivity contribution < 1.29 is 4.79 Å². The molecule has 7 nitrogen and oxygen atoms in total. The lowest BCUT2D eigenvalue weighted by atomic mass is 10.0. The van der Waals surface area contributed by atoms with Gasteiger partial charge in [0.2, 0.25) is 10.1 Å². The zero-order valence-electron chi connectivity index (χ0n) is 12.7. The van der Waals surface area contributed by atoms with Crippen LogP contribution in [0.3, 0.4) is 0 Å². The summed E-state index contributed by atoms with van der Waals surface area (Å²) < 4.78 is 1.24. The van der Waals surface area contributed by atoms with Crippen LogP contribution in [0.5, 0.6) is 0 Å². The second-order valence-corrected chi connectivity index (χ2v) is 6.54. The number of hydrogen-bond donors (Lipinski definition) is 1. The van der Waals surface area contributed by atoms with Crippen molar-refractivity contribution in [1.29, 1.82) is 0 Å². The van der Waals surface area contributed by atoms with Crippen LogP contribution < -0.4 is 15.8 Å². The van der Waals surface area contributed by atoms with E-state index in [0.717, 1.165) is 24.6 Å². The highest BCUT2D eigenvalue weighted by molar-refractivity contribution is 7.20. The molecule has 0 unspecified atom stereocenters. The summed E-state index contributed by atoms with van der Waals surface area (Å²) in [5.74, 6) is 0.215. The second kappa shape index (κ2) is 6.04. The van der Waals surface area contributed by atoms with E-state index in [4.69, 9.17) is 0 Å². The molecular formula is C14H19N5O2S. The third-order valence-electron chi connectivity index (χ3n) is 3.79. The van der Waals surface area contributed by atoms with Gasteiger partial charge in [-0.3, -0.25) is 9.59 Å². The molecule has 3 rings (SSSR count). The van der Waals surface area contributed by atoms with E-state index in [9.17, 15) is 9.59 Å². The van der Waals surface area contributed by atoms with Gasteiger partial charge >= 0.3 is 0 Å². The van der Waals surface area contributed by atoms with Gasteiger partial charge in [0.25, 0.3) is 11.5 Å². The highest BCUT2D eigenvalue weighted by Crippen LogP contribution is 2.26. The third-order valence-corrected chi connectivity index (χ3v) is 4.77. The molecule has 0 aromatic carbocycles. The molecule has 2 aromatic heterocycles. The van der Waals surface area contributed by atoms with E-state index in [1.54, 1.807) is 6.92 Å².